The van der Waals surface area contributed by atoms with Gasteiger partial charge < -0.3 is 9.63 Å². The highest BCUT2D eigenvalue weighted by Gasteiger charge is 2.30. The third-order valence-electron chi connectivity index (χ3n) is 3.48. The van der Waals surface area contributed by atoms with E-state index in [-0.39, 0.29) is 0 Å². The van der Waals surface area contributed by atoms with E-state index in [2.05, 4.69) is 10.1 Å². The summed E-state index contributed by atoms with van der Waals surface area (Å²) in [4.78, 5) is 17.7. The molecule has 0 radical (unpaired) electrons. The summed E-state index contributed by atoms with van der Waals surface area (Å²) in [5.74, 6) is -0.363. The standard InChI is InChI=1S/C15H19N3O3/c1-10-13(11(2)21-17-10)14(15(19)20)18(3)9-7-12-6-4-5-8-16-12/h4-6,8,14H,7,9H2,1-3H3,(H,19,20)/t14-/m0/s1. The van der Waals surface area contributed by atoms with Crippen molar-refractivity contribution in [1.82, 2.24) is 15.0 Å². The van der Waals surface area contributed by atoms with E-state index in [1.807, 2.05) is 18.2 Å². The molecule has 6 nitrogen and oxygen atoms in total. The second-order valence-electron chi connectivity index (χ2n) is 5.03. The van der Waals surface area contributed by atoms with Gasteiger partial charge in [0.15, 0.2) is 0 Å². The minimum Gasteiger partial charge on any atom is -0.480 e. The van der Waals surface area contributed by atoms with Crippen LogP contribution in [0.4, 0.5) is 0 Å². The monoisotopic (exact) mass is 289 g/mol. The van der Waals surface area contributed by atoms with Gasteiger partial charge in [-0.1, -0.05) is 11.2 Å². The van der Waals surface area contributed by atoms with Crippen molar-refractivity contribution in [2.45, 2.75) is 26.3 Å². The molecule has 0 aliphatic heterocycles. The quantitative estimate of drug-likeness (QED) is 0.876. The van der Waals surface area contributed by atoms with Crippen LogP contribution < -0.4 is 0 Å². The number of carbonyl (C=O) groups is 1. The molecule has 2 aromatic heterocycles. The number of carboxylic acids is 1. The maximum atomic E-state index is 11.6. The molecule has 0 saturated heterocycles. The number of nitrogens with zero attached hydrogens (tertiary/aromatic N) is 3. The first kappa shape index (κ1) is 15.2. The summed E-state index contributed by atoms with van der Waals surface area (Å²) in [5.41, 5.74) is 2.18. The van der Waals surface area contributed by atoms with Gasteiger partial charge >= 0.3 is 5.97 Å². The third kappa shape index (κ3) is 3.46. The van der Waals surface area contributed by atoms with E-state index in [1.165, 1.54) is 0 Å². The first-order chi connectivity index (χ1) is 10.0. The summed E-state index contributed by atoms with van der Waals surface area (Å²) in [6.07, 6.45) is 2.42. The fourth-order valence-corrected chi connectivity index (χ4v) is 2.38. The van der Waals surface area contributed by atoms with Crippen molar-refractivity contribution in [3.8, 4) is 0 Å². The van der Waals surface area contributed by atoms with Gasteiger partial charge in [0, 0.05) is 30.4 Å². The minimum absolute atomic E-state index is 0.546. The second kappa shape index (κ2) is 6.49. The van der Waals surface area contributed by atoms with Crippen LogP contribution >= 0.6 is 0 Å². The predicted octanol–water partition coefficient (Wildman–Crippen LogP) is 1.99. The highest BCUT2D eigenvalue weighted by molar-refractivity contribution is 5.76. The Morgan fingerprint density at radius 2 is 2.19 bits per heavy atom. The molecule has 0 amide bonds. The first-order valence-corrected chi connectivity index (χ1v) is 6.76. The van der Waals surface area contributed by atoms with Crippen molar-refractivity contribution < 1.29 is 14.4 Å². The van der Waals surface area contributed by atoms with Crippen LogP contribution in [0.5, 0.6) is 0 Å². The number of carboxylic acid groups (broad SMARTS) is 1. The van der Waals surface area contributed by atoms with E-state index < -0.39 is 12.0 Å². The molecule has 21 heavy (non-hydrogen) atoms. The molecular weight excluding hydrogens is 270 g/mol. The lowest BCUT2D eigenvalue weighted by Crippen LogP contribution is -2.33. The summed E-state index contributed by atoms with van der Waals surface area (Å²) < 4.78 is 5.09. The number of rotatable bonds is 6. The number of aliphatic carboxylic acids is 1. The van der Waals surface area contributed by atoms with Gasteiger partial charge in [-0.15, -0.1) is 0 Å². The number of hydrogen-bond donors (Lipinski definition) is 1. The van der Waals surface area contributed by atoms with Crippen LogP contribution in [0, 0.1) is 13.8 Å². The molecule has 0 aliphatic rings. The Kier molecular flexibility index (Phi) is 4.70. The van der Waals surface area contributed by atoms with Gasteiger partial charge in [0.25, 0.3) is 0 Å². The van der Waals surface area contributed by atoms with Crippen molar-refractivity contribution in [3.05, 3.63) is 47.1 Å². The fourth-order valence-electron chi connectivity index (χ4n) is 2.38. The predicted molar refractivity (Wildman–Crippen MR) is 76.9 cm³/mol. The van der Waals surface area contributed by atoms with Crippen LogP contribution in [0.2, 0.25) is 0 Å². The molecule has 2 heterocycles. The fraction of sp³-hybridized carbons (Fsp3) is 0.400. The van der Waals surface area contributed by atoms with Crippen LogP contribution in [-0.2, 0) is 11.2 Å². The highest BCUT2D eigenvalue weighted by Crippen LogP contribution is 2.26. The average Bonchev–Trinajstić information content (AvgIpc) is 2.78. The summed E-state index contributed by atoms with van der Waals surface area (Å²) in [6.45, 7) is 4.07. The molecule has 112 valence electrons. The lowest BCUT2D eigenvalue weighted by atomic mass is 10.0. The molecule has 0 spiro atoms. The second-order valence-corrected chi connectivity index (χ2v) is 5.03. The number of hydrogen-bond acceptors (Lipinski definition) is 5. The largest absolute Gasteiger partial charge is 0.480 e. The molecule has 0 aliphatic carbocycles. The maximum Gasteiger partial charge on any atom is 0.325 e. The van der Waals surface area contributed by atoms with Gasteiger partial charge in [-0.3, -0.25) is 14.7 Å². The molecule has 0 bridgehead atoms. The number of pyridine rings is 1. The number of likely N-dealkylation sites (N-methyl/N-ethyl adjacent to an activating group) is 1. The lowest BCUT2D eigenvalue weighted by Gasteiger charge is -2.24. The zero-order chi connectivity index (χ0) is 15.4. The lowest BCUT2D eigenvalue weighted by molar-refractivity contribution is -0.143. The summed E-state index contributed by atoms with van der Waals surface area (Å²) >= 11 is 0. The van der Waals surface area contributed by atoms with Gasteiger partial charge in [-0.05, 0) is 33.0 Å². The number of aromatic nitrogens is 2. The molecule has 1 N–H and O–H groups in total. The summed E-state index contributed by atoms with van der Waals surface area (Å²) in [6, 6.07) is 4.95. The Labute approximate surface area is 123 Å². The zero-order valence-corrected chi connectivity index (χ0v) is 12.4. The normalized spacial score (nSPS) is 12.6. The van der Waals surface area contributed by atoms with E-state index in [0.717, 1.165) is 5.69 Å². The zero-order valence-electron chi connectivity index (χ0n) is 12.4. The molecule has 1 atom stereocenters. The smallest absolute Gasteiger partial charge is 0.325 e. The van der Waals surface area contributed by atoms with E-state index >= 15 is 0 Å². The number of aryl methyl sites for hydroxylation is 2. The van der Waals surface area contributed by atoms with Crippen LogP contribution in [0.15, 0.2) is 28.9 Å². The van der Waals surface area contributed by atoms with Gasteiger partial charge in [0.1, 0.15) is 11.8 Å². The van der Waals surface area contributed by atoms with Crippen molar-refractivity contribution in [3.63, 3.8) is 0 Å². The molecular formula is C15H19N3O3. The van der Waals surface area contributed by atoms with Gasteiger partial charge in [-0.25, -0.2) is 0 Å². The average molecular weight is 289 g/mol. The Morgan fingerprint density at radius 3 is 2.71 bits per heavy atom. The Morgan fingerprint density at radius 1 is 1.43 bits per heavy atom. The van der Waals surface area contributed by atoms with Gasteiger partial charge in [0.05, 0.1) is 5.69 Å². The minimum atomic E-state index is -0.909. The van der Waals surface area contributed by atoms with E-state index in [1.54, 1.807) is 32.0 Å². The molecule has 0 fully saturated rings. The SMILES string of the molecule is Cc1noc(C)c1[C@@H](C(=O)O)N(C)CCc1ccccn1. The van der Waals surface area contributed by atoms with Gasteiger partial charge in [-0.2, -0.15) is 0 Å². The Balaban J connectivity index is 2.13. The van der Waals surface area contributed by atoms with E-state index in [9.17, 15) is 9.90 Å². The topological polar surface area (TPSA) is 79.5 Å². The van der Waals surface area contributed by atoms with E-state index in [0.29, 0.717) is 30.0 Å². The van der Waals surface area contributed by atoms with Crippen LogP contribution in [0.3, 0.4) is 0 Å². The van der Waals surface area contributed by atoms with Crippen LogP contribution in [0.1, 0.15) is 28.8 Å². The molecule has 2 aromatic rings. The Bertz CT molecular complexity index is 590. The van der Waals surface area contributed by atoms with Crippen molar-refractivity contribution in [1.29, 1.82) is 0 Å². The van der Waals surface area contributed by atoms with Crippen molar-refractivity contribution >= 4 is 5.97 Å². The third-order valence-corrected chi connectivity index (χ3v) is 3.48. The maximum absolute atomic E-state index is 11.6. The molecule has 2 rings (SSSR count). The Hall–Kier alpha value is -2.21. The van der Waals surface area contributed by atoms with E-state index in [4.69, 9.17) is 4.52 Å². The van der Waals surface area contributed by atoms with Crippen LogP contribution in [0.25, 0.3) is 0 Å². The summed E-state index contributed by atoms with van der Waals surface area (Å²) in [7, 11) is 1.79. The molecule has 0 saturated carbocycles. The summed E-state index contributed by atoms with van der Waals surface area (Å²) in [5, 5.41) is 13.4. The highest BCUT2D eigenvalue weighted by atomic mass is 16.5. The van der Waals surface area contributed by atoms with Crippen molar-refractivity contribution in [2.75, 3.05) is 13.6 Å². The van der Waals surface area contributed by atoms with Crippen molar-refractivity contribution in [2.24, 2.45) is 0 Å². The molecule has 6 heteroatoms. The van der Waals surface area contributed by atoms with Crippen LogP contribution in [-0.4, -0.2) is 39.7 Å². The first-order valence-electron chi connectivity index (χ1n) is 6.76. The molecule has 0 unspecified atom stereocenters. The molecule has 0 aromatic carbocycles. The van der Waals surface area contributed by atoms with Gasteiger partial charge in [0.2, 0.25) is 0 Å².